The van der Waals surface area contributed by atoms with Crippen molar-refractivity contribution in [2.24, 2.45) is 0 Å². The Balaban J connectivity index is 1.14. The van der Waals surface area contributed by atoms with Crippen LogP contribution in [-0.2, 0) is 5.41 Å². The summed E-state index contributed by atoms with van der Waals surface area (Å²) in [6.07, 6.45) is 0. The van der Waals surface area contributed by atoms with E-state index in [2.05, 4.69) is 289 Å². The molecule has 12 aromatic rings. The lowest BCUT2D eigenvalue weighted by atomic mass is 9.67. The van der Waals surface area contributed by atoms with Crippen molar-refractivity contribution in [3.8, 4) is 50.2 Å². The molecule has 0 saturated carbocycles. The van der Waals surface area contributed by atoms with Gasteiger partial charge in [0.05, 0.1) is 22.1 Å². The Morgan fingerprint density at radius 2 is 0.797 bits per heavy atom. The van der Waals surface area contributed by atoms with Crippen molar-refractivity contribution >= 4 is 38.9 Å². The van der Waals surface area contributed by atoms with E-state index in [1.165, 1.54) is 71.9 Å². The average Bonchev–Trinajstić information content (AvgIpc) is 3.92. The van der Waals surface area contributed by atoms with Crippen LogP contribution >= 0.6 is 0 Å². The van der Waals surface area contributed by atoms with Gasteiger partial charge in [0.15, 0.2) is 0 Å². The zero-order valence-corrected chi connectivity index (χ0v) is 38.0. The summed E-state index contributed by atoms with van der Waals surface area (Å²) in [6, 6.07) is 103. The van der Waals surface area contributed by atoms with Gasteiger partial charge in [-0.3, -0.25) is 0 Å². The normalized spacial score (nSPS) is 12.5. The fourth-order valence-electron chi connectivity index (χ4n) is 11.4. The van der Waals surface area contributed by atoms with Crippen LogP contribution in [0.1, 0.15) is 22.3 Å². The Kier molecular flexibility index (Phi) is 9.77. The van der Waals surface area contributed by atoms with Crippen molar-refractivity contribution in [1.82, 2.24) is 4.57 Å². The highest BCUT2D eigenvalue weighted by atomic mass is 15.1. The Hall–Kier alpha value is -8.98. The first kappa shape index (κ1) is 40.3. The number of para-hydroxylation sites is 2. The minimum absolute atomic E-state index is 0.572. The molecular weight excluding hydrogens is 833 g/mol. The van der Waals surface area contributed by atoms with E-state index in [0.717, 1.165) is 39.4 Å². The quantitative estimate of drug-likeness (QED) is 0.140. The number of anilines is 3. The van der Waals surface area contributed by atoms with Crippen molar-refractivity contribution in [2.75, 3.05) is 4.90 Å². The number of benzene rings is 11. The average molecular weight is 879 g/mol. The van der Waals surface area contributed by atoms with Gasteiger partial charge in [-0.1, -0.05) is 224 Å². The van der Waals surface area contributed by atoms with Gasteiger partial charge in [0, 0.05) is 33.4 Å². The molecule has 1 aliphatic carbocycles. The van der Waals surface area contributed by atoms with Gasteiger partial charge < -0.3 is 9.47 Å². The SMILES string of the molecule is c1ccc(-c2ccccc2-c2c(-c3ccccc3)cccc2N(c2ccc3c(c2)C(c2ccccc2)(c2ccccc2)c2ccccc2-3)c2ccc3c(c2)c2ccccc2n3-c2ccccc2)cc1. The van der Waals surface area contributed by atoms with E-state index < -0.39 is 5.41 Å². The maximum Gasteiger partial charge on any atom is 0.0714 e. The van der Waals surface area contributed by atoms with Crippen molar-refractivity contribution < 1.29 is 0 Å². The minimum Gasteiger partial charge on any atom is -0.310 e. The lowest BCUT2D eigenvalue weighted by Crippen LogP contribution is -2.28. The van der Waals surface area contributed by atoms with Crippen molar-refractivity contribution in [3.05, 3.63) is 301 Å². The molecule has 0 N–H and O–H groups in total. The number of hydrogen-bond donors (Lipinski definition) is 0. The first-order chi connectivity index (χ1) is 34.3. The highest BCUT2D eigenvalue weighted by Gasteiger charge is 2.46. The summed E-state index contributed by atoms with van der Waals surface area (Å²) < 4.78 is 2.40. The summed E-state index contributed by atoms with van der Waals surface area (Å²) >= 11 is 0. The van der Waals surface area contributed by atoms with Crippen LogP contribution in [0.5, 0.6) is 0 Å². The maximum absolute atomic E-state index is 2.53. The van der Waals surface area contributed by atoms with Crippen molar-refractivity contribution in [3.63, 3.8) is 0 Å². The van der Waals surface area contributed by atoms with E-state index in [-0.39, 0.29) is 0 Å². The Labute approximate surface area is 403 Å². The van der Waals surface area contributed by atoms with Crippen molar-refractivity contribution in [2.45, 2.75) is 5.41 Å². The third-order valence-corrected chi connectivity index (χ3v) is 14.3. The number of fused-ring (bicyclic) bond motifs is 6. The van der Waals surface area contributed by atoms with E-state index in [1.807, 2.05) is 0 Å². The summed E-state index contributed by atoms with van der Waals surface area (Å²) in [6.45, 7) is 0. The molecule has 69 heavy (non-hydrogen) atoms. The lowest BCUT2D eigenvalue weighted by Gasteiger charge is -2.35. The topological polar surface area (TPSA) is 8.17 Å². The van der Waals surface area contributed by atoms with E-state index in [0.29, 0.717) is 0 Å². The standard InChI is InChI=1S/C67H46N2/c1-6-23-47(24-7-1)54-33-16-17-36-59(54)66-55(48-25-8-2-9-26-48)37-22-40-65(66)68(52-42-44-64-60(45-52)58-35-19-21-39-63(58)69(64)51-31-14-5-15-32-51)53-41-43-57-56-34-18-20-38-61(56)67(62(57)46-53,49-27-10-3-11-28-49)50-29-12-4-13-30-50/h1-46H. The zero-order chi connectivity index (χ0) is 45.7. The monoisotopic (exact) mass is 878 g/mol. The molecule has 0 saturated heterocycles. The summed E-state index contributed by atoms with van der Waals surface area (Å²) in [5.41, 5.74) is 20.7. The van der Waals surface area contributed by atoms with Gasteiger partial charge in [0.25, 0.3) is 0 Å². The molecule has 1 heterocycles. The molecule has 2 heteroatoms. The van der Waals surface area contributed by atoms with Gasteiger partial charge in [0.2, 0.25) is 0 Å². The molecule has 0 bridgehead atoms. The van der Waals surface area contributed by atoms with Gasteiger partial charge >= 0.3 is 0 Å². The summed E-state index contributed by atoms with van der Waals surface area (Å²) in [4.78, 5) is 2.53. The summed E-state index contributed by atoms with van der Waals surface area (Å²) in [5.74, 6) is 0. The summed E-state index contributed by atoms with van der Waals surface area (Å²) in [5, 5.41) is 2.40. The van der Waals surface area contributed by atoms with Crippen molar-refractivity contribution in [1.29, 1.82) is 0 Å². The molecule has 1 aliphatic rings. The van der Waals surface area contributed by atoms with Crippen LogP contribution in [0.25, 0.3) is 72.0 Å². The van der Waals surface area contributed by atoms with E-state index in [4.69, 9.17) is 0 Å². The fraction of sp³-hybridized carbons (Fsp3) is 0.0149. The third kappa shape index (κ3) is 6.48. The second kappa shape index (κ2) is 16.7. The Morgan fingerprint density at radius 1 is 0.304 bits per heavy atom. The molecule has 1 aromatic heterocycles. The molecule has 0 amide bonds. The number of hydrogen-bond acceptors (Lipinski definition) is 1. The molecule has 0 unspecified atom stereocenters. The lowest BCUT2D eigenvalue weighted by molar-refractivity contribution is 0.768. The zero-order valence-electron chi connectivity index (χ0n) is 38.0. The smallest absolute Gasteiger partial charge is 0.0714 e. The van der Waals surface area contributed by atoms with E-state index >= 15 is 0 Å². The van der Waals surface area contributed by atoms with Crippen LogP contribution < -0.4 is 4.90 Å². The molecule has 0 atom stereocenters. The molecule has 2 nitrogen and oxygen atoms in total. The van der Waals surface area contributed by atoms with Crippen LogP contribution in [0, 0.1) is 0 Å². The number of rotatable bonds is 9. The molecule has 0 spiro atoms. The Morgan fingerprint density at radius 3 is 1.49 bits per heavy atom. The van der Waals surface area contributed by atoms with Gasteiger partial charge in [-0.2, -0.15) is 0 Å². The van der Waals surface area contributed by atoms with E-state index in [9.17, 15) is 0 Å². The highest BCUT2D eigenvalue weighted by Crippen LogP contribution is 2.58. The van der Waals surface area contributed by atoms with Crippen LogP contribution in [0.4, 0.5) is 17.1 Å². The predicted octanol–water partition coefficient (Wildman–Crippen LogP) is 17.6. The first-order valence-corrected chi connectivity index (χ1v) is 23.8. The third-order valence-electron chi connectivity index (χ3n) is 14.3. The Bertz CT molecular complexity index is 3780. The maximum atomic E-state index is 2.53. The minimum atomic E-state index is -0.572. The molecule has 0 fully saturated rings. The molecular formula is C67H46N2. The molecule has 13 rings (SSSR count). The van der Waals surface area contributed by atoms with Crippen LogP contribution in [0.2, 0.25) is 0 Å². The van der Waals surface area contributed by atoms with Gasteiger partial charge in [-0.05, 0) is 116 Å². The number of nitrogens with zero attached hydrogens (tertiary/aromatic N) is 2. The molecule has 0 radical (unpaired) electrons. The first-order valence-electron chi connectivity index (χ1n) is 23.8. The number of aromatic nitrogens is 1. The molecule has 0 aliphatic heterocycles. The van der Waals surface area contributed by atoms with Crippen LogP contribution in [0.15, 0.2) is 279 Å². The van der Waals surface area contributed by atoms with E-state index in [1.54, 1.807) is 0 Å². The second-order valence-corrected chi connectivity index (χ2v) is 18.0. The van der Waals surface area contributed by atoms with Gasteiger partial charge in [0.1, 0.15) is 0 Å². The van der Waals surface area contributed by atoms with Gasteiger partial charge in [-0.25, -0.2) is 0 Å². The largest absolute Gasteiger partial charge is 0.310 e. The molecule has 324 valence electrons. The van der Waals surface area contributed by atoms with Crippen LogP contribution in [-0.4, -0.2) is 4.57 Å². The van der Waals surface area contributed by atoms with Gasteiger partial charge in [-0.15, -0.1) is 0 Å². The summed E-state index contributed by atoms with van der Waals surface area (Å²) in [7, 11) is 0. The second-order valence-electron chi connectivity index (χ2n) is 18.0. The predicted molar refractivity (Wildman–Crippen MR) is 289 cm³/mol. The fourth-order valence-corrected chi connectivity index (χ4v) is 11.4. The molecule has 11 aromatic carbocycles. The highest BCUT2D eigenvalue weighted by molar-refractivity contribution is 6.11. The van der Waals surface area contributed by atoms with Crippen LogP contribution in [0.3, 0.4) is 0 Å².